The summed E-state index contributed by atoms with van der Waals surface area (Å²) < 4.78 is 65.0. The Morgan fingerprint density at radius 3 is 2.58 bits per heavy atom. The molecule has 2 aromatic rings. The van der Waals surface area contributed by atoms with E-state index in [0.29, 0.717) is 18.4 Å². The van der Waals surface area contributed by atoms with Crippen molar-refractivity contribution in [3.05, 3.63) is 76.3 Å². The second kappa shape index (κ2) is 8.63. The lowest BCUT2D eigenvalue weighted by molar-refractivity contribution is -0.132. The first-order chi connectivity index (χ1) is 16.9. The Balaban J connectivity index is 1.53. The molecule has 0 aromatic heterocycles. The number of rotatable bonds is 5. The van der Waals surface area contributed by atoms with E-state index in [1.54, 1.807) is 17.0 Å². The molecule has 0 saturated heterocycles. The van der Waals surface area contributed by atoms with E-state index in [1.807, 2.05) is 0 Å². The van der Waals surface area contributed by atoms with Gasteiger partial charge in [0.1, 0.15) is 17.1 Å². The van der Waals surface area contributed by atoms with E-state index in [0.717, 1.165) is 18.1 Å². The minimum absolute atomic E-state index is 0.0525. The predicted octanol–water partition coefficient (Wildman–Crippen LogP) is 3.26. The van der Waals surface area contributed by atoms with Crippen LogP contribution in [-0.2, 0) is 31.2 Å². The molecule has 2 heterocycles. The van der Waals surface area contributed by atoms with Gasteiger partial charge in [0.2, 0.25) is 19.9 Å². The van der Waals surface area contributed by atoms with Crippen LogP contribution in [0.4, 0.5) is 15.8 Å². The fraction of sp³-hybridized carbons (Fsp3) is 0.292. The van der Waals surface area contributed by atoms with Crippen molar-refractivity contribution in [1.29, 1.82) is 0 Å². The van der Waals surface area contributed by atoms with Gasteiger partial charge in [0.15, 0.2) is 0 Å². The summed E-state index contributed by atoms with van der Waals surface area (Å²) in [7, 11) is -7.70. The second-order valence-electron chi connectivity index (χ2n) is 9.21. The van der Waals surface area contributed by atoms with Crippen LogP contribution in [-0.4, -0.2) is 45.0 Å². The van der Waals surface area contributed by atoms with Crippen LogP contribution in [0.25, 0.3) is 0 Å². The molecule has 36 heavy (non-hydrogen) atoms. The van der Waals surface area contributed by atoms with Gasteiger partial charge in [-0.1, -0.05) is 18.6 Å². The van der Waals surface area contributed by atoms with Gasteiger partial charge in [0, 0.05) is 24.2 Å². The molecule has 3 N–H and O–H groups in total. The molecule has 3 aliphatic rings. The molecule has 2 atom stereocenters. The van der Waals surface area contributed by atoms with Crippen LogP contribution in [0.15, 0.2) is 69.8 Å². The van der Waals surface area contributed by atoms with E-state index in [4.69, 9.17) is 0 Å². The molecule has 1 saturated carbocycles. The Kier molecular flexibility index (Phi) is 5.83. The number of sulfonamides is 1. The first-order valence-corrected chi connectivity index (χ1v) is 14.7. The largest absolute Gasteiger partial charge is 0.511 e. The SMILES string of the molecule is CS(=O)(=O)Nc1ccc2c(c1)S(=O)(=O)C=C(C1=C(O)C3CCCC3N(Cc3ccc(F)cc3)C1=O)N2. The normalized spacial score (nSPS) is 23.0. The number of hydrogen-bond donors (Lipinski definition) is 3. The Hall–Kier alpha value is -3.38. The van der Waals surface area contributed by atoms with Crippen molar-refractivity contribution >= 4 is 37.1 Å². The maximum Gasteiger partial charge on any atom is 0.259 e. The molecule has 2 aromatic carbocycles. The number of hydrogen-bond acceptors (Lipinski definition) is 7. The maximum atomic E-state index is 13.7. The highest BCUT2D eigenvalue weighted by atomic mass is 32.2. The molecule has 5 rings (SSSR count). The van der Waals surface area contributed by atoms with Gasteiger partial charge < -0.3 is 15.3 Å². The van der Waals surface area contributed by atoms with Crippen LogP contribution in [0.5, 0.6) is 0 Å². The van der Waals surface area contributed by atoms with E-state index in [2.05, 4.69) is 10.0 Å². The standard InChI is InChI=1S/C24H24FN3O6S2/c1-35(31,32)27-16-9-10-18-21(11-16)36(33,34)13-19(26-18)22-23(29)17-3-2-4-20(17)28(24(22)30)12-14-5-7-15(25)8-6-14/h5-11,13,17,20,26-27,29H,2-4,12H2,1H3. The number of carbonyl (C=O) groups is 1. The molecular formula is C24H24FN3O6S2. The average Bonchev–Trinajstić information content (AvgIpc) is 3.27. The summed E-state index contributed by atoms with van der Waals surface area (Å²) in [5.41, 5.74) is 0.772. The summed E-state index contributed by atoms with van der Waals surface area (Å²) in [6.45, 7) is 0.189. The molecule has 1 fully saturated rings. The molecule has 12 heteroatoms. The van der Waals surface area contributed by atoms with Gasteiger partial charge in [-0.25, -0.2) is 21.2 Å². The van der Waals surface area contributed by atoms with Crippen LogP contribution >= 0.6 is 0 Å². The topological polar surface area (TPSA) is 133 Å². The van der Waals surface area contributed by atoms with Gasteiger partial charge in [-0.15, -0.1) is 0 Å². The smallest absolute Gasteiger partial charge is 0.259 e. The summed E-state index contributed by atoms with van der Waals surface area (Å²) >= 11 is 0. The minimum atomic E-state index is -4.09. The minimum Gasteiger partial charge on any atom is -0.511 e. The second-order valence-corrected chi connectivity index (χ2v) is 12.7. The molecule has 0 bridgehead atoms. The third-order valence-corrected chi connectivity index (χ3v) is 8.73. The Morgan fingerprint density at radius 2 is 1.89 bits per heavy atom. The van der Waals surface area contributed by atoms with Gasteiger partial charge in [0.05, 0.1) is 27.9 Å². The predicted molar refractivity (Wildman–Crippen MR) is 132 cm³/mol. The van der Waals surface area contributed by atoms with Crippen LogP contribution in [0.2, 0.25) is 0 Å². The number of sulfone groups is 1. The van der Waals surface area contributed by atoms with Crippen LogP contribution < -0.4 is 10.0 Å². The van der Waals surface area contributed by atoms with Crippen LogP contribution in [0.1, 0.15) is 24.8 Å². The number of nitrogens with one attached hydrogen (secondary N) is 2. The van der Waals surface area contributed by atoms with Gasteiger partial charge in [-0.2, -0.15) is 0 Å². The number of aliphatic hydroxyl groups excluding tert-OH is 1. The van der Waals surface area contributed by atoms with Crippen molar-refractivity contribution in [2.45, 2.75) is 36.7 Å². The fourth-order valence-electron chi connectivity index (χ4n) is 5.10. The van der Waals surface area contributed by atoms with Crippen molar-refractivity contribution < 1.29 is 31.1 Å². The van der Waals surface area contributed by atoms with Crippen molar-refractivity contribution in [1.82, 2.24) is 4.90 Å². The number of carbonyl (C=O) groups excluding carboxylic acids is 1. The van der Waals surface area contributed by atoms with E-state index >= 15 is 0 Å². The molecule has 2 aliphatic heterocycles. The highest BCUT2D eigenvalue weighted by Gasteiger charge is 2.46. The molecule has 0 radical (unpaired) electrons. The van der Waals surface area contributed by atoms with Crippen LogP contribution in [0, 0.1) is 11.7 Å². The summed E-state index contributed by atoms with van der Waals surface area (Å²) in [5, 5.41) is 14.9. The molecular weight excluding hydrogens is 509 g/mol. The number of nitrogens with zero attached hydrogens (tertiary/aromatic N) is 1. The number of benzene rings is 2. The molecule has 1 aliphatic carbocycles. The highest BCUT2D eigenvalue weighted by molar-refractivity contribution is 7.94. The number of amides is 1. The molecule has 9 nitrogen and oxygen atoms in total. The van der Waals surface area contributed by atoms with E-state index < -0.39 is 31.6 Å². The zero-order chi connectivity index (χ0) is 25.8. The van der Waals surface area contributed by atoms with E-state index in [-0.39, 0.29) is 51.8 Å². The number of fused-ring (bicyclic) bond motifs is 2. The van der Waals surface area contributed by atoms with Crippen LogP contribution in [0.3, 0.4) is 0 Å². The van der Waals surface area contributed by atoms with E-state index in [1.165, 1.54) is 30.3 Å². The Bertz CT molecular complexity index is 1530. The van der Waals surface area contributed by atoms with Gasteiger partial charge in [-0.05, 0) is 48.7 Å². The van der Waals surface area contributed by atoms with Crippen molar-refractivity contribution in [3.8, 4) is 0 Å². The van der Waals surface area contributed by atoms with Crippen molar-refractivity contribution in [2.24, 2.45) is 5.92 Å². The third-order valence-electron chi connectivity index (χ3n) is 6.63. The van der Waals surface area contributed by atoms with Gasteiger partial charge >= 0.3 is 0 Å². The maximum absolute atomic E-state index is 13.7. The molecule has 190 valence electrons. The molecule has 1 amide bonds. The first-order valence-electron chi connectivity index (χ1n) is 11.3. The molecule has 2 unspecified atom stereocenters. The summed E-state index contributed by atoms with van der Waals surface area (Å²) in [5.74, 6) is -1.40. The van der Waals surface area contributed by atoms with E-state index in [9.17, 15) is 31.1 Å². The zero-order valence-electron chi connectivity index (χ0n) is 19.2. The zero-order valence-corrected chi connectivity index (χ0v) is 20.9. The van der Waals surface area contributed by atoms with Gasteiger partial charge in [0.25, 0.3) is 5.91 Å². The third kappa shape index (κ3) is 4.46. The average molecular weight is 534 g/mol. The fourth-order valence-corrected chi connectivity index (χ4v) is 6.99. The number of halogens is 1. The summed E-state index contributed by atoms with van der Waals surface area (Å²) in [6.07, 6.45) is 3.09. The monoisotopic (exact) mass is 533 g/mol. The Labute approximate surface area is 208 Å². The van der Waals surface area contributed by atoms with Crippen molar-refractivity contribution in [2.75, 3.05) is 16.3 Å². The summed E-state index contributed by atoms with van der Waals surface area (Å²) in [6, 6.07) is 9.54. The number of anilines is 2. The summed E-state index contributed by atoms with van der Waals surface area (Å²) in [4.78, 5) is 15.1. The quantitative estimate of drug-likeness (QED) is 0.537. The Morgan fingerprint density at radius 1 is 1.17 bits per heavy atom. The lowest BCUT2D eigenvalue weighted by atomic mass is 9.89. The number of aliphatic hydroxyl groups is 1. The lowest BCUT2D eigenvalue weighted by Gasteiger charge is -2.39. The van der Waals surface area contributed by atoms with Gasteiger partial charge in [-0.3, -0.25) is 9.52 Å². The highest BCUT2D eigenvalue weighted by Crippen LogP contribution is 2.44. The van der Waals surface area contributed by atoms with Crippen molar-refractivity contribution in [3.63, 3.8) is 0 Å². The molecule has 0 spiro atoms. The lowest BCUT2D eigenvalue weighted by Crippen LogP contribution is -2.48. The first kappa shape index (κ1) is 24.3.